The van der Waals surface area contributed by atoms with Gasteiger partial charge < -0.3 is 10.2 Å². The Kier molecular flexibility index (Phi) is 4.59. The molecule has 0 fully saturated rings. The molecule has 2 rings (SSSR count). The monoisotopic (exact) mass is 312 g/mol. The van der Waals surface area contributed by atoms with Crippen molar-refractivity contribution in [2.45, 2.75) is 0 Å². The molecule has 0 bridgehead atoms. The summed E-state index contributed by atoms with van der Waals surface area (Å²) in [4.78, 5) is 24.8. The van der Waals surface area contributed by atoms with Crippen LogP contribution in [-0.2, 0) is 0 Å². The highest BCUT2D eigenvalue weighted by Gasteiger charge is 2.20. The fourth-order valence-corrected chi connectivity index (χ4v) is 3.15. The number of hydrogen-bond donors (Lipinski definition) is 2. The number of carboxylic acid groups (broad SMARTS) is 2. The zero-order valence-electron chi connectivity index (χ0n) is 10.3. The highest BCUT2D eigenvalue weighted by atomic mass is 32.1. The second kappa shape index (κ2) is 6.40. The van der Waals surface area contributed by atoms with Crippen LogP contribution in [0.4, 0.5) is 19.6 Å². The Labute approximate surface area is 123 Å². The predicted octanol–water partition coefficient (Wildman–Crippen LogP) is 3.48. The number of carbonyl (C=O) groups is 2. The summed E-state index contributed by atoms with van der Waals surface area (Å²) in [6.07, 6.45) is -2.19. The fourth-order valence-electron chi connectivity index (χ4n) is 1.65. The van der Waals surface area contributed by atoms with E-state index in [0.29, 0.717) is 10.0 Å². The van der Waals surface area contributed by atoms with Crippen LogP contribution in [0.3, 0.4) is 0 Å². The Morgan fingerprint density at radius 1 is 0.900 bits per heavy atom. The van der Waals surface area contributed by atoms with Crippen LogP contribution in [0.1, 0.15) is 0 Å². The van der Waals surface area contributed by atoms with Gasteiger partial charge >= 0.3 is 12.2 Å². The van der Waals surface area contributed by atoms with Gasteiger partial charge in [0.1, 0.15) is 10.0 Å². The second-order valence-corrected chi connectivity index (χ2v) is 5.62. The zero-order valence-corrected chi connectivity index (χ0v) is 11.9. The van der Waals surface area contributed by atoms with Crippen molar-refractivity contribution in [3.05, 3.63) is 35.0 Å². The smallest absolute Gasteiger partial charge is 0.412 e. The number of thiophene rings is 2. The minimum Gasteiger partial charge on any atom is -0.465 e. The molecule has 0 aliphatic heterocycles. The van der Waals surface area contributed by atoms with Gasteiger partial charge in [-0.15, -0.1) is 22.7 Å². The number of rotatable bonds is 5. The van der Waals surface area contributed by atoms with Crippen LogP contribution >= 0.6 is 22.7 Å². The highest BCUT2D eigenvalue weighted by molar-refractivity contribution is 7.14. The molecule has 0 aromatic carbocycles. The molecule has 106 valence electrons. The average Bonchev–Trinajstić information content (AvgIpc) is 3.06. The molecule has 0 aliphatic rings. The van der Waals surface area contributed by atoms with E-state index in [0.717, 1.165) is 9.80 Å². The number of amides is 2. The van der Waals surface area contributed by atoms with E-state index in [1.54, 1.807) is 35.0 Å². The first kappa shape index (κ1) is 14.4. The molecule has 0 unspecified atom stereocenters. The van der Waals surface area contributed by atoms with E-state index in [-0.39, 0.29) is 13.1 Å². The summed E-state index contributed by atoms with van der Waals surface area (Å²) >= 11 is 2.60. The normalized spacial score (nSPS) is 10.2. The SMILES string of the molecule is O=C(O)N(CCN(C(=O)O)c1cccs1)c1cccs1. The van der Waals surface area contributed by atoms with Crippen LogP contribution in [0.15, 0.2) is 35.0 Å². The Morgan fingerprint density at radius 2 is 1.30 bits per heavy atom. The largest absolute Gasteiger partial charge is 0.465 e. The van der Waals surface area contributed by atoms with E-state index < -0.39 is 12.2 Å². The van der Waals surface area contributed by atoms with Gasteiger partial charge in [0.2, 0.25) is 0 Å². The number of hydrogen-bond acceptors (Lipinski definition) is 4. The van der Waals surface area contributed by atoms with Gasteiger partial charge in [0.25, 0.3) is 0 Å². The van der Waals surface area contributed by atoms with E-state index in [1.165, 1.54) is 22.7 Å². The topological polar surface area (TPSA) is 81.1 Å². The first-order valence-electron chi connectivity index (χ1n) is 5.67. The van der Waals surface area contributed by atoms with Crippen molar-refractivity contribution in [3.8, 4) is 0 Å². The molecule has 0 atom stereocenters. The van der Waals surface area contributed by atoms with Gasteiger partial charge in [-0.1, -0.05) is 0 Å². The van der Waals surface area contributed by atoms with Gasteiger partial charge in [0.05, 0.1) is 0 Å². The molecule has 0 spiro atoms. The minimum atomic E-state index is -1.09. The van der Waals surface area contributed by atoms with E-state index >= 15 is 0 Å². The van der Waals surface area contributed by atoms with E-state index in [9.17, 15) is 19.8 Å². The van der Waals surface area contributed by atoms with E-state index in [2.05, 4.69) is 0 Å². The molecular formula is C12H12N2O4S2. The third kappa shape index (κ3) is 3.28. The van der Waals surface area contributed by atoms with Crippen molar-refractivity contribution in [1.29, 1.82) is 0 Å². The van der Waals surface area contributed by atoms with Gasteiger partial charge in [-0.2, -0.15) is 0 Å². The van der Waals surface area contributed by atoms with Crippen LogP contribution in [0.25, 0.3) is 0 Å². The molecule has 2 aromatic rings. The number of nitrogens with zero attached hydrogens (tertiary/aromatic N) is 2. The van der Waals surface area contributed by atoms with Gasteiger partial charge in [0.15, 0.2) is 0 Å². The van der Waals surface area contributed by atoms with Crippen molar-refractivity contribution in [3.63, 3.8) is 0 Å². The Hall–Kier alpha value is -2.06. The van der Waals surface area contributed by atoms with E-state index in [4.69, 9.17) is 0 Å². The highest BCUT2D eigenvalue weighted by Crippen LogP contribution is 2.24. The summed E-state index contributed by atoms with van der Waals surface area (Å²) in [5, 5.41) is 23.1. The molecule has 0 radical (unpaired) electrons. The lowest BCUT2D eigenvalue weighted by Crippen LogP contribution is -2.39. The summed E-state index contributed by atoms with van der Waals surface area (Å²) in [7, 11) is 0. The van der Waals surface area contributed by atoms with Crippen LogP contribution in [-0.4, -0.2) is 35.5 Å². The lowest BCUT2D eigenvalue weighted by atomic mass is 10.4. The molecule has 2 amide bonds. The summed E-state index contributed by atoms with van der Waals surface area (Å²) in [5.74, 6) is 0. The first-order valence-corrected chi connectivity index (χ1v) is 7.43. The van der Waals surface area contributed by atoms with Crippen molar-refractivity contribution in [2.75, 3.05) is 22.9 Å². The van der Waals surface area contributed by atoms with Crippen LogP contribution < -0.4 is 9.80 Å². The Bertz CT molecular complexity index is 516. The maximum absolute atomic E-state index is 11.2. The second-order valence-electron chi connectivity index (χ2n) is 3.77. The fraction of sp³-hybridized carbons (Fsp3) is 0.167. The van der Waals surface area contributed by atoms with Gasteiger partial charge in [0, 0.05) is 13.1 Å². The first-order chi connectivity index (χ1) is 9.59. The molecule has 2 aromatic heterocycles. The van der Waals surface area contributed by atoms with Gasteiger partial charge in [-0.25, -0.2) is 9.59 Å². The summed E-state index contributed by atoms with van der Waals surface area (Å²) < 4.78 is 0. The molecule has 0 saturated carbocycles. The Balaban J connectivity index is 2.08. The molecule has 0 saturated heterocycles. The van der Waals surface area contributed by atoms with Gasteiger partial charge in [-0.3, -0.25) is 9.80 Å². The summed E-state index contributed by atoms with van der Waals surface area (Å²) in [5.41, 5.74) is 0. The van der Waals surface area contributed by atoms with Crippen molar-refractivity contribution < 1.29 is 19.8 Å². The predicted molar refractivity (Wildman–Crippen MR) is 79.4 cm³/mol. The Morgan fingerprint density at radius 3 is 1.55 bits per heavy atom. The minimum absolute atomic E-state index is 0.0834. The standard InChI is InChI=1S/C12H12N2O4S2/c15-11(16)13(9-3-1-7-19-9)5-6-14(12(17)18)10-4-2-8-20-10/h1-4,7-8H,5-6H2,(H,15,16)(H,17,18). The molecular weight excluding hydrogens is 300 g/mol. The average molecular weight is 312 g/mol. The van der Waals surface area contributed by atoms with Gasteiger partial charge in [-0.05, 0) is 35.0 Å². The maximum atomic E-state index is 11.2. The molecule has 2 N–H and O–H groups in total. The molecule has 8 heteroatoms. The third-order valence-electron chi connectivity index (χ3n) is 2.55. The lowest BCUT2D eigenvalue weighted by molar-refractivity contribution is 0.198. The van der Waals surface area contributed by atoms with Crippen molar-refractivity contribution in [1.82, 2.24) is 0 Å². The summed E-state index contributed by atoms with van der Waals surface area (Å²) in [6.45, 7) is 0.167. The molecule has 6 nitrogen and oxygen atoms in total. The number of anilines is 2. The van der Waals surface area contributed by atoms with Crippen LogP contribution in [0.5, 0.6) is 0 Å². The lowest BCUT2D eigenvalue weighted by Gasteiger charge is -2.22. The quantitative estimate of drug-likeness (QED) is 0.885. The van der Waals surface area contributed by atoms with Crippen molar-refractivity contribution >= 4 is 44.9 Å². The molecule has 20 heavy (non-hydrogen) atoms. The van der Waals surface area contributed by atoms with Crippen molar-refractivity contribution in [2.24, 2.45) is 0 Å². The zero-order chi connectivity index (χ0) is 14.5. The molecule has 0 aliphatic carbocycles. The maximum Gasteiger partial charge on any atom is 0.412 e. The third-order valence-corrected chi connectivity index (χ3v) is 4.34. The van der Waals surface area contributed by atoms with E-state index in [1.807, 2.05) is 0 Å². The van der Waals surface area contributed by atoms with Crippen LogP contribution in [0.2, 0.25) is 0 Å². The summed E-state index contributed by atoms with van der Waals surface area (Å²) in [6, 6.07) is 6.89. The molecule has 2 heterocycles. The van der Waals surface area contributed by atoms with Crippen LogP contribution in [0, 0.1) is 0 Å².